The highest BCUT2D eigenvalue weighted by Crippen LogP contribution is 2.42. The molecular weight excluding hydrogens is 432 g/mol. The highest BCUT2D eigenvalue weighted by atomic mass is 16.5. The first-order valence-corrected chi connectivity index (χ1v) is 11.4. The largest absolute Gasteiger partial charge is 0.382 e. The highest BCUT2D eigenvalue weighted by molar-refractivity contribution is 6.04. The van der Waals surface area contributed by atoms with Crippen molar-refractivity contribution in [3.8, 4) is 11.1 Å². The molecule has 3 aromatic rings. The van der Waals surface area contributed by atoms with Gasteiger partial charge < -0.3 is 24.8 Å². The number of fused-ring (bicyclic) bond motifs is 1. The van der Waals surface area contributed by atoms with Crippen LogP contribution in [0.1, 0.15) is 23.6 Å². The summed E-state index contributed by atoms with van der Waals surface area (Å²) in [5, 5.41) is 9.06. The monoisotopic (exact) mass is 460 g/mol. The van der Waals surface area contributed by atoms with Gasteiger partial charge in [-0.05, 0) is 23.6 Å². The first-order valence-electron chi connectivity index (χ1n) is 11.4. The van der Waals surface area contributed by atoms with Crippen molar-refractivity contribution in [3.05, 3.63) is 54.4 Å². The van der Waals surface area contributed by atoms with E-state index in [9.17, 15) is 9.59 Å². The third-order valence-corrected chi connectivity index (χ3v) is 6.85. The van der Waals surface area contributed by atoms with E-state index in [2.05, 4.69) is 33.5 Å². The zero-order chi connectivity index (χ0) is 23.8. The maximum absolute atomic E-state index is 12.2. The van der Waals surface area contributed by atoms with E-state index in [1.54, 1.807) is 6.20 Å². The Morgan fingerprint density at radius 1 is 1.29 bits per heavy atom. The van der Waals surface area contributed by atoms with Crippen molar-refractivity contribution >= 4 is 28.5 Å². The van der Waals surface area contributed by atoms with Crippen LogP contribution in [-0.4, -0.2) is 69.2 Å². The van der Waals surface area contributed by atoms with Crippen molar-refractivity contribution in [2.24, 2.45) is 7.05 Å². The van der Waals surface area contributed by atoms with Crippen molar-refractivity contribution in [1.29, 1.82) is 0 Å². The first kappa shape index (κ1) is 22.1. The highest BCUT2D eigenvalue weighted by Gasteiger charge is 2.32. The number of ether oxygens (including phenoxy) is 1. The average Bonchev–Trinajstić information content (AvgIpc) is 3.44. The van der Waals surface area contributed by atoms with Crippen LogP contribution in [0.3, 0.4) is 0 Å². The van der Waals surface area contributed by atoms with Crippen molar-refractivity contribution in [2.75, 3.05) is 38.6 Å². The number of morpholine rings is 1. The molecule has 1 unspecified atom stereocenters. The molecule has 1 aromatic carbocycles. The van der Waals surface area contributed by atoms with Gasteiger partial charge in [0.1, 0.15) is 6.61 Å². The minimum atomic E-state index is -0.0484. The molecule has 0 aliphatic carbocycles. The molecule has 2 amide bonds. The second-order valence-electron chi connectivity index (χ2n) is 8.85. The molecule has 4 heterocycles. The quantitative estimate of drug-likeness (QED) is 0.585. The lowest BCUT2D eigenvalue weighted by atomic mass is 9.94. The van der Waals surface area contributed by atoms with Gasteiger partial charge in [0.25, 0.3) is 0 Å². The van der Waals surface area contributed by atoms with Gasteiger partial charge in [-0.25, -0.2) is 0 Å². The van der Waals surface area contributed by atoms with E-state index in [-0.39, 0.29) is 24.3 Å². The molecule has 1 atom stereocenters. The summed E-state index contributed by atoms with van der Waals surface area (Å²) in [6.07, 6.45) is 3.96. The molecule has 0 spiro atoms. The van der Waals surface area contributed by atoms with Gasteiger partial charge in [-0.2, -0.15) is 5.10 Å². The van der Waals surface area contributed by atoms with Crippen LogP contribution in [0.25, 0.3) is 22.0 Å². The number of anilines is 1. The second kappa shape index (κ2) is 8.90. The van der Waals surface area contributed by atoms with Gasteiger partial charge in [0, 0.05) is 50.4 Å². The number of carbonyl (C=O) groups excluding carboxylic acids is 2. The van der Waals surface area contributed by atoms with E-state index in [1.165, 1.54) is 6.08 Å². The Balaban J connectivity index is 1.53. The van der Waals surface area contributed by atoms with Crippen LogP contribution in [-0.2, 0) is 27.9 Å². The van der Waals surface area contributed by atoms with Gasteiger partial charge >= 0.3 is 0 Å². The third kappa shape index (κ3) is 3.81. The number of hydrogen-bond acceptors (Lipinski definition) is 6. The Kier molecular flexibility index (Phi) is 5.79. The van der Waals surface area contributed by atoms with Crippen molar-refractivity contribution in [3.63, 3.8) is 0 Å². The molecule has 176 valence electrons. The summed E-state index contributed by atoms with van der Waals surface area (Å²) in [4.78, 5) is 28.0. The van der Waals surface area contributed by atoms with Gasteiger partial charge in [-0.1, -0.05) is 30.8 Å². The van der Waals surface area contributed by atoms with Crippen LogP contribution in [0.2, 0.25) is 0 Å². The molecule has 2 aliphatic heterocycles. The minimum Gasteiger partial charge on any atom is -0.382 e. The molecule has 2 aromatic heterocycles. The minimum absolute atomic E-state index is 0.0119. The van der Waals surface area contributed by atoms with E-state index in [1.807, 2.05) is 29.0 Å². The molecule has 0 bridgehead atoms. The third-order valence-electron chi connectivity index (χ3n) is 6.85. The van der Waals surface area contributed by atoms with Crippen molar-refractivity contribution < 1.29 is 14.3 Å². The molecule has 5 rings (SSSR count). The number of nitrogens with zero attached hydrogens (tertiary/aromatic N) is 5. The van der Waals surface area contributed by atoms with E-state index in [0.29, 0.717) is 38.6 Å². The van der Waals surface area contributed by atoms with Crippen LogP contribution in [0, 0.1) is 0 Å². The van der Waals surface area contributed by atoms with Crippen LogP contribution >= 0.6 is 0 Å². The Morgan fingerprint density at radius 3 is 2.82 bits per heavy atom. The molecule has 2 fully saturated rings. The zero-order valence-electron chi connectivity index (χ0n) is 19.2. The molecule has 0 radical (unpaired) electrons. The van der Waals surface area contributed by atoms with Crippen LogP contribution < -0.4 is 5.73 Å². The number of amides is 2. The normalized spacial score (nSPS) is 18.6. The zero-order valence-corrected chi connectivity index (χ0v) is 19.2. The summed E-state index contributed by atoms with van der Waals surface area (Å²) in [5.74, 6) is 0.501. The summed E-state index contributed by atoms with van der Waals surface area (Å²) >= 11 is 0. The Hall–Kier alpha value is -3.72. The van der Waals surface area contributed by atoms with Gasteiger partial charge in [0.05, 0.1) is 23.7 Å². The Morgan fingerprint density at radius 2 is 2.09 bits per heavy atom. The lowest BCUT2D eigenvalue weighted by Gasteiger charge is -2.26. The first-order chi connectivity index (χ1) is 16.5. The fourth-order valence-corrected chi connectivity index (χ4v) is 5.13. The molecule has 0 saturated carbocycles. The number of likely N-dealkylation sites (tertiary alicyclic amines) is 1. The smallest absolute Gasteiger partial charge is 0.248 e. The van der Waals surface area contributed by atoms with Crippen molar-refractivity contribution in [1.82, 2.24) is 24.6 Å². The predicted molar refractivity (Wildman–Crippen MR) is 129 cm³/mol. The summed E-state index contributed by atoms with van der Waals surface area (Å²) in [5.41, 5.74) is 11.4. The number of nitrogens with two attached hydrogens (primary N) is 1. The summed E-state index contributed by atoms with van der Waals surface area (Å²) in [6, 6.07) is 8.24. The number of aromatic nitrogens is 3. The number of carbonyl (C=O) groups is 2. The standard InChI is InChI=1S/C25H28N6O3/c1-3-20(32)30-9-8-18(14-30)24-22(23-19(29(24)2)12-27-28-25(23)26)17-6-4-16(5-7-17)13-31-10-11-34-15-21(31)33/h3-7,12,18H,1,8-11,13-15H2,2H3,(H2,26,28). The SMILES string of the molecule is C=CC(=O)N1CCC(c2c(-c3ccc(CN4CCOCC4=O)cc3)c3c(N)nncc3n2C)C1. The van der Waals surface area contributed by atoms with E-state index < -0.39 is 0 Å². The molecule has 2 N–H and O–H groups in total. The number of aryl methyl sites for hydroxylation is 1. The van der Waals surface area contributed by atoms with Crippen LogP contribution in [0.15, 0.2) is 43.1 Å². The summed E-state index contributed by atoms with van der Waals surface area (Å²) < 4.78 is 7.35. The van der Waals surface area contributed by atoms with Crippen LogP contribution in [0.5, 0.6) is 0 Å². The van der Waals surface area contributed by atoms with E-state index in [4.69, 9.17) is 10.5 Å². The van der Waals surface area contributed by atoms with E-state index >= 15 is 0 Å². The molecule has 34 heavy (non-hydrogen) atoms. The summed E-state index contributed by atoms with van der Waals surface area (Å²) in [7, 11) is 2.01. The van der Waals surface area contributed by atoms with Gasteiger partial charge in [-0.3, -0.25) is 9.59 Å². The Labute approximate surface area is 197 Å². The lowest BCUT2D eigenvalue weighted by Crippen LogP contribution is -2.40. The number of benzene rings is 1. The second-order valence-corrected chi connectivity index (χ2v) is 8.85. The van der Waals surface area contributed by atoms with E-state index in [0.717, 1.165) is 39.7 Å². The number of nitrogen functional groups attached to an aromatic ring is 1. The molecule has 2 saturated heterocycles. The van der Waals surface area contributed by atoms with Gasteiger partial charge in [0.15, 0.2) is 5.82 Å². The maximum Gasteiger partial charge on any atom is 0.248 e. The average molecular weight is 461 g/mol. The fraction of sp³-hybridized carbons (Fsp3) is 0.360. The fourth-order valence-electron chi connectivity index (χ4n) is 5.13. The van der Waals surface area contributed by atoms with Gasteiger partial charge in [0.2, 0.25) is 11.8 Å². The predicted octanol–water partition coefficient (Wildman–Crippen LogP) is 2.08. The van der Waals surface area contributed by atoms with Gasteiger partial charge in [-0.15, -0.1) is 5.10 Å². The molecule has 9 nitrogen and oxygen atoms in total. The summed E-state index contributed by atoms with van der Waals surface area (Å²) in [6.45, 7) is 6.81. The van der Waals surface area contributed by atoms with Crippen LogP contribution in [0.4, 0.5) is 5.82 Å². The Bertz CT molecular complexity index is 1270. The molecule has 9 heteroatoms. The number of rotatable bonds is 5. The molecular formula is C25H28N6O3. The molecule has 2 aliphatic rings. The maximum atomic E-state index is 12.2. The topological polar surface area (TPSA) is 107 Å². The van der Waals surface area contributed by atoms with Crippen molar-refractivity contribution in [2.45, 2.75) is 18.9 Å². The lowest BCUT2D eigenvalue weighted by molar-refractivity contribution is -0.143. The number of hydrogen-bond donors (Lipinski definition) is 1.